The normalized spacial score (nSPS) is 10.3. The zero-order chi connectivity index (χ0) is 12.4. The molecule has 2 rings (SSSR count). The first-order valence-corrected chi connectivity index (χ1v) is 6.20. The van der Waals surface area contributed by atoms with E-state index < -0.39 is 0 Å². The van der Waals surface area contributed by atoms with Gasteiger partial charge in [-0.25, -0.2) is 4.98 Å². The average molecular weight is 246 g/mol. The Morgan fingerprint density at radius 2 is 2.06 bits per heavy atom. The number of carbonyl (C=O) groups excluding carboxylic acids is 1. The van der Waals surface area contributed by atoms with Gasteiger partial charge in [0.05, 0.1) is 5.01 Å². The number of carbonyl (C=O) groups is 1. The molecule has 1 heterocycles. The van der Waals surface area contributed by atoms with Gasteiger partial charge < -0.3 is 5.32 Å². The topological polar surface area (TPSA) is 42.0 Å². The van der Waals surface area contributed by atoms with Crippen molar-refractivity contribution in [2.75, 3.05) is 5.32 Å². The lowest BCUT2D eigenvalue weighted by Crippen LogP contribution is -2.13. The third-order valence-corrected chi connectivity index (χ3v) is 3.28. The second kappa shape index (κ2) is 4.67. The Bertz CT molecular complexity index is 560. The van der Waals surface area contributed by atoms with Gasteiger partial charge >= 0.3 is 0 Å². The number of aryl methyl sites for hydroxylation is 3. The van der Waals surface area contributed by atoms with Gasteiger partial charge in [0.15, 0.2) is 0 Å². The molecule has 1 amide bonds. The molecule has 88 valence electrons. The third-order valence-electron chi connectivity index (χ3n) is 2.39. The van der Waals surface area contributed by atoms with Crippen molar-refractivity contribution < 1.29 is 4.79 Å². The number of hydrogen-bond acceptors (Lipinski definition) is 3. The van der Waals surface area contributed by atoms with Crippen molar-refractivity contribution in [2.45, 2.75) is 20.8 Å². The van der Waals surface area contributed by atoms with Gasteiger partial charge in [-0.2, -0.15) is 0 Å². The Kier molecular flexibility index (Phi) is 3.24. The van der Waals surface area contributed by atoms with E-state index in [1.165, 1.54) is 11.3 Å². The van der Waals surface area contributed by atoms with Crippen LogP contribution in [0, 0.1) is 20.8 Å². The van der Waals surface area contributed by atoms with Crippen LogP contribution in [0.15, 0.2) is 24.3 Å². The zero-order valence-electron chi connectivity index (χ0n) is 10.1. The molecule has 0 unspecified atom stereocenters. The molecule has 0 saturated heterocycles. The van der Waals surface area contributed by atoms with Crippen LogP contribution in [0.1, 0.15) is 25.9 Å². The molecular formula is C13H14N2OS. The fraction of sp³-hybridized carbons (Fsp3) is 0.231. The van der Waals surface area contributed by atoms with Crippen LogP contribution in [0.4, 0.5) is 5.69 Å². The highest BCUT2D eigenvalue weighted by Crippen LogP contribution is 2.18. The molecule has 0 spiro atoms. The highest BCUT2D eigenvalue weighted by Gasteiger charge is 2.13. The predicted octanol–water partition coefficient (Wildman–Crippen LogP) is 3.32. The summed E-state index contributed by atoms with van der Waals surface area (Å²) in [6.45, 7) is 5.81. The fourth-order valence-corrected chi connectivity index (χ4v) is 2.47. The molecule has 1 aromatic heterocycles. The van der Waals surface area contributed by atoms with Crippen molar-refractivity contribution in [2.24, 2.45) is 0 Å². The van der Waals surface area contributed by atoms with E-state index >= 15 is 0 Å². The van der Waals surface area contributed by atoms with Gasteiger partial charge in [-0.05, 0) is 38.5 Å². The van der Waals surface area contributed by atoms with E-state index in [0.717, 1.165) is 21.1 Å². The number of rotatable bonds is 2. The third kappa shape index (κ3) is 2.71. The van der Waals surface area contributed by atoms with Crippen molar-refractivity contribution in [1.82, 2.24) is 4.98 Å². The lowest BCUT2D eigenvalue weighted by Gasteiger charge is -2.04. The van der Waals surface area contributed by atoms with Crippen molar-refractivity contribution in [1.29, 1.82) is 0 Å². The molecule has 0 aliphatic carbocycles. The van der Waals surface area contributed by atoms with Gasteiger partial charge in [0.1, 0.15) is 5.69 Å². The Morgan fingerprint density at radius 1 is 1.29 bits per heavy atom. The summed E-state index contributed by atoms with van der Waals surface area (Å²) in [7, 11) is 0. The number of hydrogen-bond donors (Lipinski definition) is 1. The van der Waals surface area contributed by atoms with Gasteiger partial charge in [0.2, 0.25) is 0 Å². The summed E-state index contributed by atoms with van der Waals surface area (Å²) >= 11 is 1.54. The summed E-state index contributed by atoms with van der Waals surface area (Å²) in [6.07, 6.45) is 0. The smallest absolute Gasteiger partial charge is 0.275 e. The van der Waals surface area contributed by atoms with Crippen molar-refractivity contribution in [3.8, 4) is 0 Å². The summed E-state index contributed by atoms with van der Waals surface area (Å²) in [5.74, 6) is -0.141. The van der Waals surface area contributed by atoms with Gasteiger partial charge in [-0.15, -0.1) is 11.3 Å². The minimum Gasteiger partial charge on any atom is -0.321 e. The molecule has 0 radical (unpaired) electrons. The molecule has 3 nitrogen and oxygen atoms in total. The minimum absolute atomic E-state index is 0.141. The van der Waals surface area contributed by atoms with E-state index in [1.807, 2.05) is 45.0 Å². The number of anilines is 1. The van der Waals surface area contributed by atoms with Gasteiger partial charge in [0.25, 0.3) is 5.91 Å². The summed E-state index contributed by atoms with van der Waals surface area (Å²) in [6, 6.07) is 7.73. The Labute approximate surface area is 105 Å². The predicted molar refractivity (Wildman–Crippen MR) is 70.7 cm³/mol. The van der Waals surface area contributed by atoms with E-state index in [4.69, 9.17) is 0 Å². The number of aromatic nitrogens is 1. The number of amides is 1. The van der Waals surface area contributed by atoms with Crippen LogP contribution in [-0.2, 0) is 0 Å². The first-order valence-electron chi connectivity index (χ1n) is 5.38. The SMILES string of the molecule is Cc1cccc(NC(=O)c2nc(C)sc2C)c1. The molecule has 0 aliphatic rings. The van der Waals surface area contributed by atoms with Crippen LogP contribution in [-0.4, -0.2) is 10.9 Å². The summed E-state index contributed by atoms with van der Waals surface area (Å²) in [5, 5.41) is 3.77. The minimum atomic E-state index is -0.141. The van der Waals surface area contributed by atoms with E-state index in [-0.39, 0.29) is 5.91 Å². The standard InChI is InChI=1S/C13H14N2OS/c1-8-5-4-6-11(7-8)15-13(16)12-9(2)17-10(3)14-12/h4-7H,1-3H3,(H,15,16). The molecule has 0 atom stereocenters. The molecule has 0 saturated carbocycles. The monoisotopic (exact) mass is 246 g/mol. The molecule has 0 aliphatic heterocycles. The van der Waals surface area contributed by atoms with Gasteiger partial charge in [0, 0.05) is 10.6 Å². The second-order valence-corrected chi connectivity index (χ2v) is 5.37. The lowest BCUT2D eigenvalue weighted by molar-refractivity contribution is 0.102. The van der Waals surface area contributed by atoms with Crippen molar-refractivity contribution in [3.63, 3.8) is 0 Å². The molecular weight excluding hydrogens is 232 g/mol. The average Bonchev–Trinajstić information content (AvgIpc) is 2.58. The number of nitrogens with one attached hydrogen (secondary N) is 1. The number of thiazole rings is 1. The first kappa shape index (κ1) is 11.8. The van der Waals surface area contributed by atoms with Crippen LogP contribution in [0.25, 0.3) is 0 Å². The van der Waals surface area contributed by atoms with E-state index in [9.17, 15) is 4.79 Å². The summed E-state index contributed by atoms with van der Waals surface area (Å²) < 4.78 is 0. The number of nitrogens with zero attached hydrogens (tertiary/aromatic N) is 1. The molecule has 2 aromatic rings. The summed E-state index contributed by atoms with van der Waals surface area (Å²) in [5.41, 5.74) is 2.45. The van der Waals surface area contributed by atoms with Crippen LogP contribution in [0.3, 0.4) is 0 Å². The Hall–Kier alpha value is -1.68. The van der Waals surface area contributed by atoms with Crippen molar-refractivity contribution in [3.05, 3.63) is 45.4 Å². The molecule has 1 aromatic carbocycles. The van der Waals surface area contributed by atoms with Gasteiger partial charge in [-0.1, -0.05) is 12.1 Å². The summed E-state index contributed by atoms with van der Waals surface area (Å²) in [4.78, 5) is 17.2. The maximum atomic E-state index is 12.0. The molecule has 17 heavy (non-hydrogen) atoms. The Balaban J connectivity index is 2.20. The van der Waals surface area contributed by atoms with Gasteiger partial charge in [-0.3, -0.25) is 4.79 Å². The lowest BCUT2D eigenvalue weighted by atomic mass is 10.2. The van der Waals surface area contributed by atoms with Crippen LogP contribution in [0.2, 0.25) is 0 Å². The Morgan fingerprint density at radius 3 is 2.65 bits per heavy atom. The van der Waals surface area contributed by atoms with E-state index in [1.54, 1.807) is 0 Å². The molecule has 1 N–H and O–H groups in total. The molecule has 4 heteroatoms. The van der Waals surface area contributed by atoms with Crippen molar-refractivity contribution >= 4 is 22.9 Å². The van der Waals surface area contributed by atoms with Crippen LogP contribution < -0.4 is 5.32 Å². The van der Waals surface area contributed by atoms with E-state index in [2.05, 4.69) is 10.3 Å². The van der Waals surface area contributed by atoms with Crippen LogP contribution in [0.5, 0.6) is 0 Å². The number of benzene rings is 1. The largest absolute Gasteiger partial charge is 0.321 e. The molecule has 0 fully saturated rings. The highest BCUT2D eigenvalue weighted by atomic mass is 32.1. The first-order chi connectivity index (χ1) is 8.06. The fourth-order valence-electron chi connectivity index (χ4n) is 1.65. The zero-order valence-corrected chi connectivity index (χ0v) is 10.9. The quantitative estimate of drug-likeness (QED) is 0.883. The maximum Gasteiger partial charge on any atom is 0.275 e. The molecule has 0 bridgehead atoms. The highest BCUT2D eigenvalue weighted by molar-refractivity contribution is 7.11. The maximum absolute atomic E-state index is 12.0. The van der Waals surface area contributed by atoms with E-state index in [0.29, 0.717) is 5.69 Å². The van der Waals surface area contributed by atoms with Crippen LogP contribution >= 0.6 is 11.3 Å². The second-order valence-electron chi connectivity index (χ2n) is 3.96.